The van der Waals surface area contributed by atoms with Crippen molar-refractivity contribution in [3.63, 3.8) is 0 Å². The summed E-state index contributed by atoms with van der Waals surface area (Å²) in [6, 6.07) is 21.3. The van der Waals surface area contributed by atoms with Gasteiger partial charge in [0.1, 0.15) is 11.4 Å². The van der Waals surface area contributed by atoms with Gasteiger partial charge in [0.15, 0.2) is 0 Å². The summed E-state index contributed by atoms with van der Waals surface area (Å²) >= 11 is 0. The molecule has 2 aromatic heterocycles. The molecule has 1 aliphatic heterocycles. The zero-order valence-corrected chi connectivity index (χ0v) is 21.1. The molecule has 3 atom stereocenters. The Kier molecular flexibility index (Phi) is 6.68. The number of nitrogens with one attached hydrogen (secondary N) is 1. The van der Waals surface area contributed by atoms with Gasteiger partial charge in [0.05, 0.1) is 11.1 Å². The van der Waals surface area contributed by atoms with Crippen LogP contribution < -0.4 is 10.1 Å². The number of carbonyl (C=O) groups excluding carboxylic acids is 1. The maximum atomic E-state index is 13.1. The van der Waals surface area contributed by atoms with Gasteiger partial charge < -0.3 is 10.1 Å². The normalized spacial score (nSPS) is 21.2. The van der Waals surface area contributed by atoms with Crippen LogP contribution in [0.15, 0.2) is 79.0 Å². The number of aromatic nitrogens is 2. The van der Waals surface area contributed by atoms with Gasteiger partial charge in [0, 0.05) is 43.3 Å². The van der Waals surface area contributed by atoms with Gasteiger partial charge in [-0.1, -0.05) is 36.4 Å². The molecule has 1 saturated carbocycles. The summed E-state index contributed by atoms with van der Waals surface area (Å²) < 4.78 is 43.9. The van der Waals surface area contributed by atoms with Crippen LogP contribution in [0.5, 0.6) is 11.6 Å². The van der Waals surface area contributed by atoms with Crippen LogP contribution >= 0.6 is 0 Å². The number of rotatable bonds is 6. The van der Waals surface area contributed by atoms with Gasteiger partial charge in [0.2, 0.25) is 5.88 Å². The summed E-state index contributed by atoms with van der Waals surface area (Å²) in [6.45, 7) is 2.97. The number of nitrogens with zero attached hydrogens (tertiary/aromatic N) is 3. The molecule has 0 radical (unpaired) electrons. The highest BCUT2D eigenvalue weighted by Crippen LogP contribution is 2.39. The molecule has 1 amide bonds. The van der Waals surface area contributed by atoms with Crippen LogP contribution in [0.25, 0.3) is 10.9 Å². The molecule has 39 heavy (non-hydrogen) atoms. The monoisotopic (exact) mass is 532 g/mol. The van der Waals surface area contributed by atoms with Crippen molar-refractivity contribution in [3.8, 4) is 11.6 Å². The number of alkyl halides is 3. The van der Waals surface area contributed by atoms with Crippen LogP contribution in [0.1, 0.15) is 34.5 Å². The fraction of sp³-hybridized carbons (Fsp3) is 0.300. The van der Waals surface area contributed by atoms with Crippen molar-refractivity contribution in [2.24, 2.45) is 11.8 Å². The van der Waals surface area contributed by atoms with Gasteiger partial charge >= 0.3 is 6.18 Å². The molecular weight excluding hydrogens is 505 g/mol. The number of ether oxygens (including phenoxy) is 1. The zero-order valence-electron chi connectivity index (χ0n) is 21.1. The highest BCUT2D eigenvalue weighted by atomic mass is 19.4. The van der Waals surface area contributed by atoms with E-state index in [1.165, 1.54) is 11.6 Å². The Balaban J connectivity index is 1.09. The Morgan fingerprint density at radius 2 is 1.85 bits per heavy atom. The summed E-state index contributed by atoms with van der Waals surface area (Å²) in [5.41, 5.74) is 1.44. The standard InChI is InChI=1S/C30H27F3N4O2/c31-30(32,33)22-8-13-28(34-15-22)39-23-9-12-25-20(14-23)6-11-27(35-25)29(38)36-26-10-7-21-17-37(18-24(21)26)16-19-4-2-1-3-5-19/h1-6,8-9,11-15,21,24,26H,7,10,16-18H2,(H,36,38)/t21-,24?,26?/m0/s1. The second kappa shape index (κ2) is 10.3. The van der Waals surface area contributed by atoms with E-state index in [9.17, 15) is 18.0 Å². The third-order valence-electron chi connectivity index (χ3n) is 7.68. The van der Waals surface area contributed by atoms with Gasteiger partial charge in [-0.25, -0.2) is 9.97 Å². The van der Waals surface area contributed by atoms with Crippen molar-refractivity contribution >= 4 is 16.8 Å². The van der Waals surface area contributed by atoms with Crippen LogP contribution in [-0.2, 0) is 12.7 Å². The van der Waals surface area contributed by atoms with E-state index in [2.05, 4.69) is 44.5 Å². The fourth-order valence-corrected chi connectivity index (χ4v) is 5.77. The molecule has 6 rings (SSSR count). The first-order valence-corrected chi connectivity index (χ1v) is 13.0. The number of pyridine rings is 2. The van der Waals surface area contributed by atoms with E-state index in [1.807, 2.05) is 6.07 Å². The maximum Gasteiger partial charge on any atom is 0.417 e. The van der Waals surface area contributed by atoms with E-state index in [4.69, 9.17) is 4.74 Å². The minimum absolute atomic E-state index is 0.0513. The summed E-state index contributed by atoms with van der Waals surface area (Å²) in [5.74, 6) is 1.32. The second-order valence-corrected chi connectivity index (χ2v) is 10.3. The molecule has 2 aliphatic rings. The largest absolute Gasteiger partial charge is 0.439 e. The molecule has 2 fully saturated rings. The summed E-state index contributed by atoms with van der Waals surface area (Å²) in [7, 11) is 0. The number of amides is 1. The smallest absolute Gasteiger partial charge is 0.417 e. The van der Waals surface area contributed by atoms with E-state index < -0.39 is 11.7 Å². The number of likely N-dealkylation sites (tertiary alicyclic amines) is 1. The average molecular weight is 533 g/mol. The summed E-state index contributed by atoms with van der Waals surface area (Å²) in [4.78, 5) is 23.9. The molecule has 1 saturated heterocycles. The molecule has 9 heteroatoms. The van der Waals surface area contributed by atoms with Crippen molar-refractivity contribution < 1.29 is 22.7 Å². The second-order valence-electron chi connectivity index (χ2n) is 10.3. The third kappa shape index (κ3) is 5.59. The Hall–Kier alpha value is -3.98. The number of halogens is 3. The number of hydrogen-bond acceptors (Lipinski definition) is 5. The van der Waals surface area contributed by atoms with E-state index in [-0.39, 0.29) is 17.8 Å². The van der Waals surface area contributed by atoms with Crippen molar-refractivity contribution in [2.45, 2.75) is 31.6 Å². The minimum Gasteiger partial charge on any atom is -0.439 e. The lowest BCUT2D eigenvalue weighted by molar-refractivity contribution is -0.137. The predicted octanol–water partition coefficient (Wildman–Crippen LogP) is 6.08. The Morgan fingerprint density at radius 1 is 1.00 bits per heavy atom. The zero-order chi connectivity index (χ0) is 27.0. The predicted molar refractivity (Wildman–Crippen MR) is 140 cm³/mol. The molecular formula is C30H27F3N4O2. The lowest BCUT2D eigenvalue weighted by Crippen LogP contribution is -2.40. The molecule has 0 bridgehead atoms. The lowest BCUT2D eigenvalue weighted by Gasteiger charge is -2.22. The van der Waals surface area contributed by atoms with Gasteiger partial charge in [-0.3, -0.25) is 9.69 Å². The molecule has 2 aromatic carbocycles. The van der Waals surface area contributed by atoms with Gasteiger partial charge in [-0.05, 0) is 60.6 Å². The van der Waals surface area contributed by atoms with Crippen molar-refractivity contribution in [1.29, 1.82) is 0 Å². The molecule has 200 valence electrons. The maximum absolute atomic E-state index is 13.1. The highest BCUT2D eigenvalue weighted by molar-refractivity contribution is 5.95. The summed E-state index contributed by atoms with van der Waals surface area (Å²) in [6.07, 6.45) is -1.62. The van der Waals surface area contributed by atoms with E-state index in [1.54, 1.807) is 30.3 Å². The van der Waals surface area contributed by atoms with Crippen molar-refractivity contribution in [1.82, 2.24) is 20.2 Å². The number of benzene rings is 2. The fourth-order valence-electron chi connectivity index (χ4n) is 5.77. The van der Waals surface area contributed by atoms with Crippen molar-refractivity contribution in [2.75, 3.05) is 13.1 Å². The quantitative estimate of drug-likeness (QED) is 0.326. The number of hydrogen-bond donors (Lipinski definition) is 1. The first-order valence-electron chi connectivity index (χ1n) is 13.0. The van der Waals surface area contributed by atoms with Crippen LogP contribution in [0.3, 0.4) is 0 Å². The Labute approximate surface area is 223 Å². The lowest BCUT2D eigenvalue weighted by atomic mass is 9.97. The first kappa shape index (κ1) is 25.3. The van der Waals surface area contributed by atoms with Crippen LogP contribution in [0.4, 0.5) is 13.2 Å². The van der Waals surface area contributed by atoms with E-state index >= 15 is 0 Å². The molecule has 1 N–H and O–H groups in total. The molecule has 6 nitrogen and oxygen atoms in total. The van der Waals surface area contributed by atoms with Crippen molar-refractivity contribution in [3.05, 3.63) is 95.8 Å². The molecule has 4 aromatic rings. The van der Waals surface area contributed by atoms with Gasteiger partial charge in [-0.15, -0.1) is 0 Å². The van der Waals surface area contributed by atoms with Gasteiger partial charge in [-0.2, -0.15) is 13.2 Å². The number of carbonyl (C=O) groups is 1. The van der Waals surface area contributed by atoms with Crippen LogP contribution in [0, 0.1) is 11.8 Å². The van der Waals surface area contributed by atoms with Crippen LogP contribution in [-0.4, -0.2) is 39.9 Å². The van der Waals surface area contributed by atoms with E-state index in [0.717, 1.165) is 50.1 Å². The van der Waals surface area contributed by atoms with E-state index in [0.29, 0.717) is 28.8 Å². The highest BCUT2D eigenvalue weighted by Gasteiger charge is 2.43. The molecule has 1 aliphatic carbocycles. The minimum atomic E-state index is -4.45. The Morgan fingerprint density at radius 3 is 2.62 bits per heavy atom. The molecule has 2 unspecified atom stereocenters. The molecule has 3 heterocycles. The number of fused-ring (bicyclic) bond motifs is 2. The average Bonchev–Trinajstić information content (AvgIpc) is 3.49. The van der Waals surface area contributed by atoms with Crippen LogP contribution in [0.2, 0.25) is 0 Å². The molecule has 0 spiro atoms. The topological polar surface area (TPSA) is 67.4 Å². The third-order valence-corrected chi connectivity index (χ3v) is 7.68. The Bertz CT molecular complexity index is 1480. The summed E-state index contributed by atoms with van der Waals surface area (Å²) in [5, 5.41) is 3.97. The SMILES string of the molecule is O=C(NC1CC[C@H]2CN(Cc3ccccc3)CC12)c1ccc2cc(Oc3ccc(C(F)(F)F)cn3)ccc2n1. The first-order chi connectivity index (χ1) is 18.8. The van der Waals surface area contributed by atoms with Gasteiger partial charge in [0.25, 0.3) is 5.91 Å².